The normalized spacial score (nSPS) is 15.9. The molecule has 0 radical (unpaired) electrons. The molecule has 2 rings (SSSR count). The van der Waals surface area contributed by atoms with Crippen LogP contribution in [0.15, 0.2) is 12.1 Å². The number of nitro groups is 1. The molecule has 0 spiro atoms. The molecule has 1 aliphatic heterocycles. The average molecular weight is 294 g/mol. The SMILES string of the molecule is CCN(CC1CCNCC1)C(=O)c1ccc([N+](=O)[O-])n1C. The molecule has 1 aromatic rings. The Balaban J connectivity index is 2.10. The van der Waals surface area contributed by atoms with E-state index in [0.29, 0.717) is 18.2 Å². The molecule has 1 aromatic heterocycles. The van der Waals surface area contributed by atoms with Crippen LogP contribution in [-0.4, -0.2) is 46.5 Å². The van der Waals surface area contributed by atoms with Gasteiger partial charge in [-0.2, -0.15) is 0 Å². The van der Waals surface area contributed by atoms with Crippen LogP contribution in [0.4, 0.5) is 5.82 Å². The first-order valence-electron chi connectivity index (χ1n) is 7.34. The molecule has 1 saturated heterocycles. The van der Waals surface area contributed by atoms with Crippen molar-refractivity contribution in [3.63, 3.8) is 0 Å². The number of carbonyl (C=O) groups is 1. The zero-order valence-electron chi connectivity index (χ0n) is 12.5. The fraction of sp³-hybridized carbons (Fsp3) is 0.643. The van der Waals surface area contributed by atoms with Crippen molar-refractivity contribution in [1.82, 2.24) is 14.8 Å². The maximum atomic E-state index is 12.6. The van der Waals surface area contributed by atoms with Crippen molar-refractivity contribution in [2.24, 2.45) is 13.0 Å². The maximum absolute atomic E-state index is 12.6. The smallest absolute Gasteiger partial charge is 0.323 e. The monoisotopic (exact) mass is 294 g/mol. The van der Waals surface area contributed by atoms with E-state index in [9.17, 15) is 14.9 Å². The molecule has 7 heteroatoms. The molecule has 2 heterocycles. The van der Waals surface area contributed by atoms with E-state index in [0.717, 1.165) is 32.5 Å². The van der Waals surface area contributed by atoms with Crippen molar-refractivity contribution >= 4 is 11.7 Å². The lowest BCUT2D eigenvalue weighted by atomic mass is 9.97. The lowest BCUT2D eigenvalue weighted by molar-refractivity contribution is -0.391. The second-order valence-electron chi connectivity index (χ2n) is 5.43. The Labute approximate surface area is 124 Å². The van der Waals surface area contributed by atoms with Gasteiger partial charge in [0.05, 0.1) is 7.05 Å². The summed E-state index contributed by atoms with van der Waals surface area (Å²) >= 11 is 0. The highest BCUT2D eigenvalue weighted by Crippen LogP contribution is 2.19. The predicted molar refractivity (Wildman–Crippen MR) is 79.2 cm³/mol. The average Bonchev–Trinajstić information content (AvgIpc) is 2.87. The Bertz CT molecular complexity index is 520. The van der Waals surface area contributed by atoms with Crippen molar-refractivity contribution in [1.29, 1.82) is 0 Å². The van der Waals surface area contributed by atoms with Crippen LogP contribution in [0.2, 0.25) is 0 Å². The van der Waals surface area contributed by atoms with Crippen molar-refractivity contribution < 1.29 is 9.72 Å². The van der Waals surface area contributed by atoms with Crippen molar-refractivity contribution in [3.8, 4) is 0 Å². The quantitative estimate of drug-likeness (QED) is 0.657. The van der Waals surface area contributed by atoms with Gasteiger partial charge in [0, 0.05) is 19.2 Å². The van der Waals surface area contributed by atoms with E-state index >= 15 is 0 Å². The van der Waals surface area contributed by atoms with Gasteiger partial charge in [0.2, 0.25) is 0 Å². The number of aromatic nitrogens is 1. The van der Waals surface area contributed by atoms with E-state index in [4.69, 9.17) is 0 Å². The summed E-state index contributed by atoms with van der Waals surface area (Å²) < 4.78 is 1.35. The van der Waals surface area contributed by atoms with E-state index in [1.54, 1.807) is 11.9 Å². The van der Waals surface area contributed by atoms with Gasteiger partial charge < -0.3 is 20.3 Å². The summed E-state index contributed by atoms with van der Waals surface area (Å²) in [6, 6.07) is 2.91. The molecule has 0 atom stereocenters. The molecule has 0 unspecified atom stereocenters. The number of rotatable bonds is 5. The number of piperidine rings is 1. The fourth-order valence-corrected chi connectivity index (χ4v) is 2.79. The first-order valence-corrected chi connectivity index (χ1v) is 7.34. The van der Waals surface area contributed by atoms with E-state index < -0.39 is 4.92 Å². The number of nitrogens with zero attached hydrogens (tertiary/aromatic N) is 3. The van der Waals surface area contributed by atoms with E-state index in [2.05, 4.69) is 5.32 Å². The standard InChI is InChI=1S/C14H22N4O3/c1-3-17(10-11-6-8-15-9-7-11)14(19)12-4-5-13(16(12)2)18(20)21/h4-5,11,15H,3,6-10H2,1-2H3. The van der Waals surface area contributed by atoms with Crippen molar-refractivity contribution in [2.75, 3.05) is 26.2 Å². The first kappa shape index (κ1) is 15.5. The minimum absolute atomic E-state index is 0.0590. The van der Waals surface area contributed by atoms with Crippen molar-refractivity contribution in [3.05, 3.63) is 27.9 Å². The summed E-state index contributed by atoms with van der Waals surface area (Å²) in [6.45, 7) is 5.26. The highest BCUT2D eigenvalue weighted by Gasteiger charge is 2.26. The summed E-state index contributed by atoms with van der Waals surface area (Å²) in [6.07, 6.45) is 2.13. The Morgan fingerprint density at radius 1 is 1.48 bits per heavy atom. The van der Waals surface area contributed by atoms with E-state index in [-0.39, 0.29) is 11.7 Å². The topological polar surface area (TPSA) is 80.4 Å². The molecule has 7 nitrogen and oxygen atoms in total. The number of carbonyl (C=O) groups excluding carboxylic acids is 1. The zero-order chi connectivity index (χ0) is 15.4. The largest absolute Gasteiger partial charge is 0.358 e. The van der Waals surface area contributed by atoms with Gasteiger partial charge in [-0.1, -0.05) is 0 Å². The van der Waals surface area contributed by atoms with Gasteiger partial charge in [-0.3, -0.25) is 4.79 Å². The summed E-state index contributed by atoms with van der Waals surface area (Å²) in [7, 11) is 1.56. The lowest BCUT2D eigenvalue weighted by Gasteiger charge is -2.29. The zero-order valence-corrected chi connectivity index (χ0v) is 12.5. The van der Waals surface area contributed by atoms with Crippen LogP contribution >= 0.6 is 0 Å². The molecular weight excluding hydrogens is 272 g/mol. The number of hydrogen-bond acceptors (Lipinski definition) is 4. The van der Waals surface area contributed by atoms with Gasteiger partial charge >= 0.3 is 5.82 Å². The summed E-state index contributed by atoms with van der Waals surface area (Å²) in [5.74, 6) is 0.313. The van der Waals surface area contributed by atoms with Gasteiger partial charge in [0.1, 0.15) is 0 Å². The molecule has 1 amide bonds. The van der Waals surface area contributed by atoms with Crippen LogP contribution in [0.5, 0.6) is 0 Å². The molecule has 0 saturated carbocycles. The highest BCUT2D eigenvalue weighted by molar-refractivity contribution is 5.93. The van der Waals surface area contributed by atoms with Gasteiger partial charge in [0.15, 0.2) is 5.69 Å². The number of nitrogens with one attached hydrogen (secondary N) is 1. The second-order valence-corrected chi connectivity index (χ2v) is 5.43. The first-order chi connectivity index (χ1) is 10.0. The van der Waals surface area contributed by atoms with Crippen LogP contribution < -0.4 is 5.32 Å². The Hall–Kier alpha value is -1.89. The fourth-order valence-electron chi connectivity index (χ4n) is 2.79. The third-order valence-corrected chi connectivity index (χ3v) is 4.11. The Morgan fingerprint density at radius 2 is 2.14 bits per heavy atom. The Morgan fingerprint density at radius 3 is 2.67 bits per heavy atom. The molecule has 0 aromatic carbocycles. The lowest BCUT2D eigenvalue weighted by Crippen LogP contribution is -2.39. The molecule has 1 aliphatic rings. The van der Waals surface area contributed by atoms with Gasteiger partial charge in [0.25, 0.3) is 5.91 Å². The number of hydrogen-bond donors (Lipinski definition) is 1. The minimum Gasteiger partial charge on any atom is -0.358 e. The predicted octanol–water partition coefficient (Wildman–Crippen LogP) is 1.39. The maximum Gasteiger partial charge on any atom is 0.323 e. The van der Waals surface area contributed by atoms with Crippen LogP contribution in [0.25, 0.3) is 0 Å². The summed E-state index contributed by atoms with van der Waals surface area (Å²) in [5.41, 5.74) is 0.373. The minimum atomic E-state index is -0.472. The number of amides is 1. The van der Waals surface area contributed by atoms with Gasteiger partial charge in [-0.05, 0) is 49.8 Å². The van der Waals surface area contributed by atoms with E-state index in [1.165, 1.54) is 16.7 Å². The van der Waals surface area contributed by atoms with E-state index in [1.807, 2.05) is 6.92 Å². The van der Waals surface area contributed by atoms with Crippen LogP contribution in [0.1, 0.15) is 30.3 Å². The molecule has 116 valence electrons. The van der Waals surface area contributed by atoms with Crippen LogP contribution in [0.3, 0.4) is 0 Å². The Kier molecular flexibility index (Phi) is 4.95. The second kappa shape index (κ2) is 6.71. The highest BCUT2D eigenvalue weighted by atomic mass is 16.6. The third-order valence-electron chi connectivity index (χ3n) is 4.11. The summed E-state index contributed by atoms with van der Waals surface area (Å²) in [5, 5.41) is 14.2. The molecule has 21 heavy (non-hydrogen) atoms. The molecule has 1 fully saturated rings. The molecular formula is C14H22N4O3. The molecule has 0 aliphatic carbocycles. The van der Waals surface area contributed by atoms with Gasteiger partial charge in [-0.25, -0.2) is 4.57 Å². The third kappa shape index (κ3) is 3.41. The molecule has 0 bridgehead atoms. The summed E-state index contributed by atoms with van der Waals surface area (Å²) in [4.78, 5) is 24.8. The van der Waals surface area contributed by atoms with Crippen molar-refractivity contribution in [2.45, 2.75) is 19.8 Å². The van der Waals surface area contributed by atoms with Crippen LogP contribution in [-0.2, 0) is 7.05 Å². The molecule has 1 N–H and O–H groups in total. The van der Waals surface area contributed by atoms with Crippen LogP contribution in [0, 0.1) is 16.0 Å². The van der Waals surface area contributed by atoms with Gasteiger partial charge in [-0.15, -0.1) is 0 Å².